The van der Waals surface area contributed by atoms with Crippen LogP contribution in [0.3, 0.4) is 0 Å². The van der Waals surface area contributed by atoms with Crippen LogP contribution in [0.2, 0.25) is 0 Å². The second-order valence-electron chi connectivity index (χ2n) is 9.77. The molecule has 162 valence electrons. The van der Waals surface area contributed by atoms with Crippen molar-refractivity contribution in [3.05, 3.63) is 60.2 Å². The van der Waals surface area contributed by atoms with Gasteiger partial charge in [-0.05, 0) is 92.7 Å². The summed E-state index contributed by atoms with van der Waals surface area (Å²) in [5.74, 6) is 2.53. The quantitative estimate of drug-likeness (QED) is 0.718. The van der Waals surface area contributed by atoms with Crippen molar-refractivity contribution in [1.29, 1.82) is 0 Å². The summed E-state index contributed by atoms with van der Waals surface area (Å²) >= 11 is 0. The van der Waals surface area contributed by atoms with Crippen molar-refractivity contribution in [2.45, 2.75) is 44.6 Å². The van der Waals surface area contributed by atoms with Gasteiger partial charge in [0.25, 0.3) is 5.91 Å². The van der Waals surface area contributed by atoms with Crippen LogP contribution in [0, 0.1) is 23.2 Å². The Morgan fingerprint density at radius 2 is 1.48 bits per heavy atom. The van der Waals surface area contributed by atoms with E-state index in [-0.39, 0.29) is 17.2 Å². The van der Waals surface area contributed by atoms with Crippen molar-refractivity contribution in [1.82, 2.24) is 5.32 Å². The van der Waals surface area contributed by atoms with Crippen LogP contribution in [-0.4, -0.2) is 25.0 Å². The standard InChI is InChI=1S/C26H30N2O3/c1-31-22-9-7-21(8-10-22)27-25(30)23(28-24(29)20-5-3-2-4-6-20)26-14-17-11-18(15-26)13-19(12-17)16-26/h2-10,17-19,23H,11-16H2,1H3,(H,27,30)(H,28,29). The van der Waals surface area contributed by atoms with Crippen LogP contribution in [0.25, 0.3) is 0 Å². The second kappa shape index (κ2) is 8.03. The molecule has 4 fully saturated rings. The first-order valence-electron chi connectivity index (χ1n) is 11.4. The summed E-state index contributed by atoms with van der Waals surface area (Å²) in [6.45, 7) is 0. The predicted molar refractivity (Wildman–Crippen MR) is 120 cm³/mol. The number of rotatable bonds is 6. The smallest absolute Gasteiger partial charge is 0.251 e. The first-order valence-corrected chi connectivity index (χ1v) is 11.4. The number of methoxy groups -OCH3 is 1. The van der Waals surface area contributed by atoms with E-state index >= 15 is 0 Å². The van der Waals surface area contributed by atoms with Crippen LogP contribution in [-0.2, 0) is 4.79 Å². The van der Waals surface area contributed by atoms with Crippen LogP contribution in [0.5, 0.6) is 5.75 Å². The lowest BCUT2D eigenvalue weighted by Gasteiger charge is -2.58. The second-order valence-corrected chi connectivity index (χ2v) is 9.77. The van der Waals surface area contributed by atoms with E-state index in [9.17, 15) is 9.59 Å². The van der Waals surface area contributed by atoms with E-state index in [1.54, 1.807) is 19.2 Å². The van der Waals surface area contributed by atoms with Crippen LogP contribution in [0.4, 0.5) is 5.69 Å². The van der Waals surface area contributed by atoms with Gasteiger partial charge in [-0.25, -0.2) is 0 Å². The summed E-state index contributed by atoms with van der Waals surface area (Å²) in [7, 11) is 1.62. The fraction of sp³-hybridized carbons (Fsp3) is 0.462. The van der Waals surface area contributed by atoms with E-state index < -0.39 is 6.04 Å². The molecule has 0 saturated heterocycles. The van der Waals surface area contributed by atoms with Crippen molar-refractivity contribution in [2.24, 2.45) is 23.2 Å². The molecule has 0 aliphatic heterocycles. The molecule has 4 bridgehead atoms. The summed E-state index contributed by atoms with van der Waals surface area (Å²) < 4.78 is 5.22. The number of ether oxygens (including phenoxy) is 1. The van der Waals surface area contributed by atoms with Crippen LogP contribution in [0.1, 0.15) is 48.9 Å². The summed E-state index contributed by atoms with van der Waals surface area (Å²) in [5.41, 5.74) is 1.17. The van der Waals surface area contributed by atoms with Crippen LogP contribution < -0.4 is 15.4 Å². The maximum absolute atomic E-state index is 13.6. The topological polar surface area (TPSA) is 67.4 Å². The SMILES string of the molecule is COc1ccc(NC(=O)C(NC(=O)c2ccccc2)C23CC4CC(CC(C4)C2)C3)cc1. The Hall–Kier alpha value is -2.82. The summed E-state index contributed by atoms with van der Waals surface area (Å²) in [5, 5.41) is 6.22. The molecule has 0 radical (unpaired) electrons. The summed E-state index contributed by atoms with van der Waals surface area (Å²) in [6, 6.07) is 16.0. The molecule has 4 aliphatic rings. The molecule has 0 spiro atoms. The van der Waals surface area contributed by atoms with Gasteiger partial charge in [0.05, 0.1) is 7.11 Å². The molecule has 5 nitrogen and oxygen atoms in total. The zero-order chi connectivity index (χ0) is 21.4. The zero-order valence-corrected chi connectivity index (χ0v) is 18.0. The lowest BCUT2D eigenvalue weighted by molar-refractivity contribution is -0.129. The number of hydrogen-bond acceptors (Lipinski definition) is 3. The predicted octanol–water partition coefficient (Wildman–Crippen LogP) is 4.65. The highest BCUT2D eigenvalue weighted by Gasteiger charge is 2.56. The van der Waals surface area contributed by atoms with E-state index in [2.05, 4.69) is 10.6 Å². The largest absolute Gasteiger partial charge is 0.497 e. The minimum atomic E-state index is -0.532. The highest BCUT2D eigenvalue weighted by Crippen LogP contribution is 2.61. The van der Waals surface area contributed by atoms with Gasteiger partial charge >= 0.3 is 0 Å². The van der Waals surface area contributed by atoms with Gasteiger partial charge in [-0.15, -0.1) is 0 Å². The van der Waals surface area contributed by atoms with Gasteiger partial charge in [0, 0.05) is 16.7 Å². The van der Waals surface area contributed by atoms with Crippen molar-refractivity contribution >= 4 is 17.5 Å². The molecular formula is C26H30N2O3. The van der Waals surface area contributed by atoms with Gasteiger partial charge in [0.2, 0.25) is 5.91 Å². The number of carbonyl (C=O) groups is 2. The molecule has 31 heavy (non-hydrogen) atoms. The number of anilines is 1. The fourth-order valence-electron chi connectivity index (χ4n) is 6.72. The number of amides is 2. The van der Waals surface area contributed by atoms with Crippen molar-refractivity contribution in [2.75, 3.05) is 12.4 Å². The third kappa shape index (κ3) is 3.93. The van der Waals surface area contributed by atoms with Gasteiger partial charge in [-0.1, -0.05) is 18.2 Å². The molecule has 2 N–H and O–H groups in total. The van der Waals surface area contributed by atoms with Crippen molar-refractivity contribution < 1.29 is 14.3 Å². The molecular weight excluding hydrogens is 388 g/mol. The zero-order valence-electron chi connectivity index (χ0n) is 18.0. The van der Waals surface area contributed by atoms with Crippen LogP contribution >= 0.6 is 0 Å². The van der Waals surface area contributed by atoms with E-state index in [1.807, 2.05) is 42.5 Å². The number of benzene rings is 2. The van der Waals surface area contributed by atoms with E-state index in [0.717, 1.165) is 30.7 Å². The van der Waals surface area contributed by atoms with Gasteiger partial charge in [0.1, 0.15) is 11.8 Å². The Bertz CT molecular complexity index is 919. The number of nitrogens with one attached hydrogen (secondary N) is 2. The summed E-state index contributed by atoms with van der Waals surface area (Å²) in [4.78, 5) is 26.7. The van der Waals surface area contributed by atoms with Gasteiger partial charge < -0.3 is 15.4 Å². The highest BCUT2D eigenvalue weighted by molar-refractivity contribution is 6.01. The molecule has 1 unspecified atom stereocenters. The molecule has 2 aromatic rings. The molecule has 4 aliphatic carbocycles. The summed E-state index contributed by atoms with van der Waals surface area (Å²) in [6.07, 6.45) is 6.98. The maximum atomic E-state index is 13.6. The normalized spacial score (nSPS) is 29.3. The molecule has 2 amide bonds. The first kappa shape index (κ1) is 20.1. The number of hydrogen-bond donors (Lipinski definition) is 2. The molecule has 2 aromatic carbocycles. The average Bonchev–Trinajstić information content (AvgIpc) is 2.77. The third-order valence-electron chi connectivity index (χ3n) is 7.63. The van der Waals surface area contributed by atoms with E-state index in [4.69, 9.17) is 4.74 Å². The third-order valence-corrected chi connectivity index (χ3v) is 7.63. The Kier molecular flexibility index (Phi) is 5.20. The lowest BCUT2D eigenvalue weighted by Crippen LogP contribution is -2.61. The fourth-order valence-corrected chi connectivity index (χ4v) is 6.72. The lowest BCUT2D eigenvalue weighted by atomic mass is 9.47. The Morgan fingerprint density at radius 1 is 0.903 bits per heavy atom. The first-order chi connectivity index (χ1) is 15.0. The monoisotopic (exact) mass is 418 g/mol. The highest BCUT2D eigenvalue weighted by atomic mass is 16.5. The van der Waals surface area contributed by atoms with Gasteiger partial charge in [-0.2, -0.15) is 0 Å². The Morgan fingerprint density at radius 3 is 2.03 bits per heavy atom. The molecule has 0 heterocycles. The van der Waals surface area contributed by atoms with E-state index in [0.29, 0.717) is 23.3 Å². The molecule has 5 heteroatoms. The van der Waals surface area contributed by atoms with Crippen molar-refractivity contribution in [3.63, 3.8) is 0 Å². The Balaban J connectivity index is 1.42. The molecule has 1 atom stereocenters. The van der Waals surface area contributed by atoms with Crippen molar-refractivity contribution in [3.8, 4) is 5.75 Å². The van der Waals surface area contributed by atoms with E-state index in [1.165, 1.54) is 19.3 Å². The minimum Gasteiger partial charge on any atom is -0.497 e. The van der Waals surface area contributed by atoms with Gasteiger partial charge in [0.15, 0.2) is 0 Å². The number of carbonyl (C=O) groups excluding carboxylic acids is 2. The molecule has 0 aromatic heterocycles. The van der Waals surface area contributed by atoms with Gasteiger partial charge in [-0.3, -0.25) is 9.59 Å². The average molecular weight is 419 g/mol. The minimum absolute atomic E-state index is 0.114. The maximum Gasteiger partial charge on any atom is 0.251 e. The Labute approximate surface area is 183 Å². The molecule has 6 rings (SSSR count). The van der Waals surface area contributed by atoms with Crippen LogP contribution in [0.15, 0.2) is 54.6 Å². The molecule has 4 saturated carbocycles.